The molecule has 0 spiro atoms. The van der Waals surface area contributed by atoms with Crippen molar-refractivity contribution in [2.75, 3.05) is 6.54 Å². The Morgan fingerprint density at radius 3 is 2.21 bits per heavy atom. The number of unbranched alkanes of at least 4 members (excludes halogenated alkanes) is 1. The number of alkyl halides is 3. The molecule has 1 aliphatic heterocycles. The van der Waals surface area contributed by atoms with Crippen LogP contribution in [0.4, 0.5) is 13.2 Å². The van der Waals surface area contributed by atoms with Gasteiger partial charge in [-0.2, -0.15) is 13.2 Å². The Hall–Kier alpha value is -1.85. The van der Waals surface area contributed by atoms with Gasteiger partial charge in [-0.3, -0.25) is 14.7 Å². The van der Waals surface area contributed by atoms with Crippen LogP contribution in [0.3, 0.4) is 0 Å². The zero-order valence-electron chi connectivity index (χ0n) is 14.3. The topological polar surface area (TPSA) is 32.7 Å². The number of carbonyl (C=O) groups is 1. The second-order valence-corrected chi connectivity index (χ2v) is 5.97. The second kappa shape index (κ2) is 6.95. The third kappa shape index (κ3) is 3.19. The number of hydrogen-bond acceptors (Lipinski definition) is 2. The summed E-state index contributed by atoms with van der Waals surface area (Å²) < 4.78 is 38.3. The van der Waals surface area contributed by atoms with Gasteiger partial charge in [0.05, 0.1) is 5.56 Å². The lowest BCUT2D eigenvalue weighted by Gasteiger charge is -2.25. The van der Waals surface area contributed by atoms with Gasteiger partial charge in [-0.15, -0.1) is 0 Å². The Kier molecular flexibility index (Phi) is 5.35. The fourth-order valence-electron chi connectivity index (χ4n) is 3.08. The highest BCUT2D eigenvalue weighted by atomic mass is 19.4. The van der Waals surface area contributed by atoms with Gasteiger partial charge in [-0.05, 0) is 37.5 Å². The molecular formula is C18H23F3N2O. The minimum Gasteiger partial charge on any atom is -0.298 e. The molecule has 0 fully saturated rings. The Labute approximate surface area is 140 Å². The van der Waals surface area contributed by atoms with Crippen molar-refractivity contribution >= 4 is 11.7 Å². The molecule has 0 radical (unpaired) electrons. The molecule has 0 N–H and O–H groups in total. The molecule has 0 saturated heterocycles. The average molecular weight is 340 g/mol. The third-order valence-electron chi connectivity index (χ3n) is 4.50. The van der Waals surface area contributed by atoms with Crippen molar-refractivity contribution < 1.29 is 18.0 Å². The number of benzene rings is 1. The molecule has 1 aliphatic rings. The van der Waals surface area contributed by atoms with Crippen LogP contribution < -0.4 is 0 Å². The van der Waals surface area contributed by atoms with E-state index in [-0.39, 0.29) is 5.91 Å². The number of carbonyl (C=O) groups excluding carboxylic acids is 1. The summed E-state index contributed by atoms with van der Waals surface area (Å²) >= 11 is 0. The zero-order valence-corrected chi connectivity index (χ0v) is 14.3. The number of amidine groups is 1. The molecule has 0 bridgehead atoms. The van der Waals surface area contributed by atoms with Crippen molar-refractivity contribution in [2.24, 2.45) is 4.99 Å². The number of rotatable bonds is 6. The average Bonchev–Trinajstić information content (AvgIpc) is 2.84. The van der Waals surface area contributed by atoms with Crippen molar-refractivity contribution in [1.82, 2.24) is 4.90 Å². The first-order valence-corrected chi connectivity index (χ1v) is 8.38. The highest BCUT2D eigenvalue weighted by Gasteiger charge is 2.47. The van der Waals surface area contributed by atoms with Crippen LogP contribution in [0, 0.1) is 0 Å². The van der Waals surface area contributed by atoms with Crippen LogP contribution >= 0.6 is 0 Å². The highest BCUT2D eigenvalue weighted by molar-refractivity contribution is 6.08. The fourth-order valence-corrected chi connectivity index (χ4v) is 3.08. The van der Waals surface area contributed by atoms with E-state index in [1.807, 2.05) is 13.8 Å². The lowest BCUT2D eigenvalue weighted by molar-refractivity contribution is -0.137. The van der Waals surface area contributed by atoms with Gasteiger partial charge in [-0.1, -0.05) is 32.4 Å². The van der Waals surface area contributed by atoms with Crippen molar-refractivity contribution in [3.05, 3.63) is 35.4 Å². The molecule has 6 heteroatoms. The van der Waals surface area contributed by atoms with Crippen LogP contribution in [0.5, 0.6) is 0 Å². The number of hydrogen-bond donors (Lipinski definition) is 0. The molecule has 24 heavy (non-hydrogen) atoms. The molecule has 1 amide bonds. The largest absolute Gasteiger partial charge is 0.416 e. The monoisotopic (exact) mass is 340 g/mol. The van der Waals surface area contributed by atoms with Gasteiger partial charge in [0.2, 0.25) is 0 Å². The summed E-state index contributed by atoms with van der Waals surface area (Å²) in [5.41, 5.74) is -1.29. The van der Waals surface area contributed by atoms with Crippen LogP contribution in [-0.2, 0) is 16.5 Å². The first-order valence-electron chi connectivity index (χ1n) is 8.38. The van der Waals surface area contributed by atoms with Gasteiger partial charge in [0.25, 0.3) is 5.91 Å². The van der Waals surface area contributed by atoms with E-state index in [0.717, 1.165) is 30.8 Å². The van der Waals surface area contributed by atoms with Crippen molar-refractivity contribution in [1.29, 1.82) is 0 Å². The van der Waals surface area contributed by atoms with E-state index >= 15 is 0 Å². The molecule has 0 aromatic heterocycles. The van der Waals surface area contributed by atoms with Crippen LogP contribution in [0.1, 0.15) is 57.6 Å². The predicted molar refractivity (Wildman–Crippen MR) is 87.8 cm³/mol. The number of halogens is 3. The summed E-state index contributed by atoms with van der Waals surface area (Å²) in [5, 5.41) is 0. The smallest absolute Gasteiger partial charge is 0.298 e. The summed E-state index contributed by atoms with van der Waals surface area (Å²) in [6, 6.07) is 4.81. The lowest BCUT2D eigenvalue weighted by atomic mass is 9.87. The van der Waals surface area contributed by atoms with Crippen LogP contribution in [0.2, 0.25) is 0 Å². The Morgan fingerprint density at radius 1 is 1.12 bits per heavy atom. The maximum absolute atomic E-state index is 12.9. The van der Waals surface area contributed by atoms with Crippen LogP contribution in [0.25, 0.3) is 0 Å². The van der Waals surface area contributed by atoms with E-state index < -0.39 is 17.3 Å². The van der Waals surface area contributed by atoms with E-state index in [9.17, 15) is 18.0 Å². The molecule has 132 valence electrons. The van der Waals surface area contributed by atoms with E-state index in [4.69, 9.17) is 0 Å². The number of nitrogens with zero attached hydrogens (tertiary/aromatic N) is 2. The van der Waals surface area contributed by atoms with E-state index in [1.165, 1.54) is 12.1 Å². The maximum atomic E-state index is 12.9. The minimum atomic E-state index is -4.39. The normalized spacial score (nSPS) is 21.3. The SMILES string of the molecule is CCCCC1=NC(CC)(c2ccc(C(F)(F)F)cc2)C(=O)N1CC. The van der Waals surface area contributed by atoms with Crippen molar-refractivity contribution in [2.45, 2.75) is 58.2 Å². The molecule has 3 nitrogen and oxygen atoms in total. The Balaban J connectivity index is 2.43. The number of amides is 1. The molecule has 1 atom stereocenters. The standard InChI is InChI=1S/C18H23F3N2O/c1-4-7-8-15-22-17(5-2,16(24)23(15)6-3)13-9-11-14(12-10-13)18(19,20)21/h9-12H,4-8H2,1-3H3. The molecular weight excluding hydrogens is 317 g/mol. The van der Waals surface area contributed by atoms with Gasteiger partial charge >= 0.3 is 6.18 Å². The number of aliphatic imine (C=N–C) groups is 1. The van der Waals surface area contributed by atoms with Crippen molar-refractivity contribution in [3.63, 3.8) is 0 Å². The van der Waals surface area contributed by atoms with Gasteiger partial charge < -0.3 is 0 Å². The van der Waals surface area contributed by atoms with Gasteiger partial charge in [0.15, 0.2) is 5.54 Å². The predicted octanol–water partition coefficient (Wildman–Crippen LogP) is 4.76. The Bertz CT molecular complexity index is 622. The summed E-state index contributed by atoms with van der Waals surface area (Å²) in [5.74, 6) is 0.601. The van der Waals surface area contributed by atoms with E-state index in [2.05, 4.69) is 11.9 Å². The lowest BCUT2D eigenvalue weighted by Crippen LogP contribution is -2.40. The first-order chi connectivity index (χ1) is 11.3. The molecule has 1 aromatic carbocycles. The maximum Gasteiger partial charge on any atom is 0.416 e. The van der Waals surface area contributed by atoms with E-state index in [1.54, 1.807) is 4.90 Å². The highest BCUT2D eigenvalue weighted by Crippen LogP contribution is 2.39. The first kappa shape index (κ1) is 18.5. The summed E-state index contributed by atoms with van der Waals surface area (Å²) in [4.78, 5) is 19.3. The van der Waals surface area contributed by atoms with Crippen LogP contribution in [0.15, 0.2) is 29.3 Å². The fraction of sp³-hybridized carbons (Fsp3) is 0.556. The molecule has 0 aliphatic carbocycles. The summed E-state index contributed by atoms with van der Waals surface area (Å²) in [7, 11) is 0. The molecule has 0 saturated carbocycles. The third-order valence-corrected chi connectivity index (χ3v) is 4.50. The van der Waals surface area contributed by atoms with E-state index in [0.29, 0.717) is 24.9 Å². The summed E-state index contributed by atoms with van der Waals surface area (Å²) in [6.07, 6.45) is -1.34. The molecule has 2 rings (SSSR count). The minimum absolute atomic E-state index is 0.140. The van der Waals surface area contributed by atoms with Crippen molar-refractivity contribution in [3.8, 4) is 0 Å². The van der Waals surface area contributed by atoms with Gasteiger partial charge in [0, 0.05) is 13.0 Å². The molecule has 1 heterocycles. The summed E-state index contributed by atoms with van der Waals surface area (Å²) in [6.45, 7) is 6.31. The Morgan fingerprint density at radius 2 is 1.75 bits per heavy atom. The molecule has 1 aromatic rings. The van der Waals surface area contributed by atoms with Crippen LogP contribution in [-0.4, -0.2) is 23.2 Å². The van der Waals surface area contributed by atoms with Gasteiger partial charge in [-0.25, -0.2) is 0 Å². The quantitative estimate of drug-likeness (QED) is 0.735. The number of likely N-dealkylation sites (N-methyl/N-ethyl adjacent to an activating group) is 1. The van der Waals surface area contributed by atoms with Gasteiger partial charge in [0.1, 0.15) is 5.84 Å². The second-order valence-electron chi connectivity index (χ2n) is 5.97. The zero-order chi connectivity index (χ0) is 18.0. The molecule has 1 unspecified atom stereocenters.